The van der Waals surface area contributed by atoms with Gasteiger partial charge in [0.1, 0.15) is 5.54 Å². The number of anilines is 1. The minimum Gasteiger partial charge on any atom is -0.475 e. The number of likely N-dealkylation sites (tertiary alicyclic amines) is 1. The second-order valence-corrected chi connectivity index (χ2v) is 12.6. The van der Waals surface area contributed by atoms with Gasteiger partial charge in [-0.25, -0.2) is 4.79 Å². The summed E-state index contributed by atoms with van der Waals surface area (Å²) in [5, 5.41) is 8.20. The zero-order valence-corrected chi connectivity index (χ0v) is 25.4. The van der Waals surface area contributed by atoms with Crippen LogP contribution in [-0.2, 0) is 9.59 Å². The number of hydrogen-bond donors (Lipinski definition) is 1. The number of para-hydroxylation sites is 1. The SMILES string of the molecule is CC(C)C1CCC(N2CCC3(CC2)C(=O)N(CCCCCCBr)CN3c2ccccc2)CC1.O=C(O)C(F)(F)F. The highest BCUT2D eigenvalue weighted by molar-refractivity contribution is 9.09. The van der Waals surface area contributed by atoms with Gasteiger partial charge in [-0.2, -0.15) is 13.2 Å². The molecule has 226 valence electrons. The molecule has 1 amide bonds. The number of nitrogens with zero attached hydrogens (tertiary/aromatic N) is 3. The first kappa shape index (κ1) is 32.7. The molecule has 0 atom stereocenters. The third-order valence-electron chi connectivity index (χ3n) is 8.96. The topological polar surface area (TPSA) is 64.1 Å². The predicted molar refractivity (Wildman–Crippen MR) is 156 cm³/mol. The number of piperidine rings is 1. The number of halogens is 4. The summed E-state index contributed by atoms with van der Waals surface area (Å²) in [6.07, 6.45) is 7.07. The molecule has 3 fully saturated rings. The van der Waals surface area contributed by atoms with Gasteiger partial charge in [0.2, 0.25) is 5.91 Å². The lowest BCUT2D eigenvalue weighted by atomic mass is 9.78. The summed E-state index contributed by atoms with van der Waals surface area (Å²) in [5.41, 5.74) is 0.863. The second kappa shape index (κ2) is 14.9. The molecule has 3 aliphatic rings. The van der Waals surface area contributed by atoms with Gasteiger partial charge >= 0.3 is 12.1 Å². The van der Waals surface area contributed by atoms with Crippen LogP contribution >= 0.6 is 15.9 Å². The van der Waals surface area contributed by atoms with Crippen molar-refractivity contribution in [2.45, 2.75) is 95.8 Å². The number of alkyl halides is 4. The van der Waals surface area contributed by atoms with E-state index in [-0.39, 0.29) is 5.54 Å². The van der Waals surface area contributed by atoms with E-state index in [9.17, 15) is 18.0 Å². The lowest BCUT2D eigenvalue weighted by Crippen LogP contribution is -2.58. The van der Waals surface area contributed by atoms with Crippen molar-refractivity contribution in [2.75, 3.05) is 36.5 Å². The number of carbonyl (C=O) groups excluding carboxylic acids is 1. The molecule has 6 nitrogen and oxygen atoms in total. The molecule has 0 bridgehead atoms. The Morgan fingerprint density at radius 1 is 1.02 bits per heavy atom. The van der Waals surface area contributed by atoms with Crippen molar-refractivity contribution in [1.82, 2.24) is 9.80 Å². The van der Waals surface area contributed by atoms with Crippen molar-refractivity contribution in [2.24, 2.45) is 11.8 Å². The van der Waals surface area contributed by atoms with Crippen LogP contribution in [0.1, 0.15) is 78.1 Å². The van der Waals surface area contributed by atoms with Gasteiger partial charge in [0.05, 0.1) is 6.67 Å². The second-order valence-electron chi connectivity index (χ2n) is 11.8. The molecule has 4 rings (SSSR count). The number of rotatable bonds is 9. The van der Waals surface area contributed by atoms with Gasteiger partial charge in [0, 0.05) is 36.7 Å². The molecule has 10 heteroatoms. The van der Waals surface area contributed by atoms with Crippen LogP contribution in [-0.4, -0.2) is 76.2 Å². The Hall–Kier alpha value is -1.81. The molecular formula is C30H45BrF3N3O3. The monoisotopic (exact) mass is 631 g/mol. The Labute approximate surface area is 245 Å². The third-order valence-corrected chi connectivity index (χ3v) is 9.52. The van der Waals surface area contributed by atoms with E-state index in [0.717, 1.165) is 68.8 Å². The standard InChI is InChI=1S/C28H44BrN3O.C2HF3O2/c1-23(2)24-12-14-25(15-13-24)30-20-16-28(17-21-30)27(33)31(19-9-4-3-8-18-29)22-32(28)26-10-6-5-7-11-26;3-2(4,5)1(6)7/h5-7,10-11,23-25H,3-4,8-9,12-22H2,1-2H3;(H,6,7). The number of benzene rings is 1. The minimum atomic E-state index is -5.08. The Bertz CT molecular complexity index is 931. The summed E-state index contributed by atoms with van der Waals surface area (Å²) >= 11 is 3.53. The van der Waals surface area contributed by atoms with Gasteiger partial charge in [-0.1, -0.05) is 60.8 Å². The number of unbranched alkanes of at least 4 members (excludes halogenated alkanes) is 3. The van der Waals surface area contributed by atoms with Gasteiger partial charge < -0.3 is 19.8 Å². The average molecular weight is 633 g/mol. The number of amides is 1. The maximum absolute atomic E-state index is 13.8. The maximum atomic E-state index is 13.8. The molecule has 1 saturated carbocycles. The first-order valence-electron chi connectivity index (χ1n) is 14.7. The quantitative estimate of drug-likeness (QED) is 0.236. The first-order valence-corrected chi connectivity index (χ1v) is 15.8. The van der Waals surface area contributed by atoms with E-state index in [1.54, 1.807) is 0 Å². The van der Waals surface area contributed by atoms with Gasteiger partial charge in [0.25, 0.3) is 0 Å². The van der Waals surface area contributed by atoms with Gasteiger partial charge in [-0.15, -0.1) is 0 Å². The highest BCUT2D eigenvalue weighted by Gasteiger charge is 2.54. The highest BCUT2D eigenvalue weighted by atomic mass is 79.9. The number of carbonyl (C=O) groups is 2. The largest absolute Gasteiger partial charge is 0.490 e. The molecule has 0 aromatic heterocycles. The molecule has 1 aromatic rings. The fourth-order valence-electron chi connectivity index (χ4n) is 6.52. The molecule has 1 spiro atoms. The molecular weight excluding hydrogens is 587 g/mol. The van der Waals surface area contributed by atoms with E-state index in [2.05, 4.69) is 74.8 Å². The van der Waals surface area contributed by atoms with Crippen molar-refractivity contribution in [1.29, 1.82) is 0 Å². The number of carboxylic acid groups (broad SMARTS) is 1. The van der Waals surface area contributed by atoms with Gasteiger partial charge in [-0.05, 0) is 75.3 Å². The summed E-state index contributed by atoms with van der Waals surface area (Å²) in [6.45, 7) is 8.53. The fourth-order valence-corrected chi connectivity index (χ4v) is 6.91. The average Bonchev–Trinajstić information content (AvgIpc) is 3.20. The fraction of sp³-hybridized carbons (Fsp3) is 0.733. The van der Waals surface area contributed by atoms with Gasteiger partial charge in [0.15, 0.2) is 0 Å². The molecule has 2 saturated heterocycles. The van der Waals surface area contributed by atoms with Crippen LogP contribution in [0, 0.1) is 11.8 Å². The molecule has 0 unspecified atom stereocenters. The molecule has 0 radical (unpaired) electrons. The number of hydrogen-bond acceptors (Lipinski definition) is 4. The van der Waals surface area contributed by atoms with E-state index >= 15 is 0 Å². The smallest absolute Gasteiger partial charge is 0.475 e. The lowest BCUT2D eigenvalue weighted by Gasteiger charge is -2.47. The van der Waals surface area contributed by atoms with E-state index < -0.39 is 12.1 Å². The summed E-state index contributed by atoms with van der Waals surface area (Å²) < 4.78 is 31.7. The van der Waals surface area contributed by atoms with E-state index in [1.807, 2.05) is 0 Å². The Morgan fingerprint density at radius 2 is 1.60 bits per heavy atom. The number of carboxylic acids is 1. The molecule has 1 aromatic carbocycles. The zero-order chi connectivity index (χ0) is 29.3. The van der Waals surface area contributed by atoms with Crippen LogP contribution in [0.25, 0.3) is 0 Å². The number of aliphatic carboxylic acids is 1. The van der Waals surface area contributed by atoms with Crippen LogP contribution in [0.3, 0.4) is 0 Å². The minimum absolute atomic E-state index is 0.344. The predicted octanol–water partition coefficient (Wildman–Crippen LogP) is 6.93. The van der Waals surface area contributed by atoms with Crippen LogP contribution in [0.5, 0.6) is 0 Å². The van der Waals surface area contributed by atoms with Crippen LogP contribution in [0.15, 0.2) is 30.3 Å². The maximum Gasteiger partial charge on any atom is 0.490 e. The Morgan fingerprint density at radius 3 is 2.12 bits per heavy atom. The molecule has 2 heterocycles. The Balaban J connectivity index is 0.000000559. The molecule has 1 aliphatic carbocycles. The highest BCUT2D eigenvalue weighted by Crippen LogP contribution is 2.41. The zero-order valence-electron chi connectivity index (χ0n) is 23.8. The molecule has 1 N–H and O–H groups in total. The summed E-state index contributed by atoms with van der Waals surface area (Å²) in [7, 11) is 0. The van der Waals surface area contributed by atoms with Crippen LogP contribution < -0.4 is 4.90 Å². The molecule has 40 heavy (non-hydrogen) atoms. The van der Waals surface area contributed by atoms with Crippen molar-refractivity contribution >= 4 is 33.5 Å². The normalized spacial score (nSPS) is 23.4. The Kier molecular flexibility index (Phi) is 12.2. The third kappa shape index (κ3) is 8.37. The first-order chi connectivity index (χ1) is 19.0. The van der Waals surface area contributed by atoms with Crippen LogP contribution in [0.4, 0.5) is 18.9 Å². The van der Waals surface area contributed by atoms with Crippen molar-refractivity contribution in [3.8, 4) is 0 Å². The van der Waals surface area contributed by atoms with Crippen molar-refractivity contribution in [3.05, 3.63) is 30.3 Å². The summed E-state index contributed by atoms with van der Waals surface area (Å²) in [5.74, 6) is -0.649. The van der Waals surface area contributed by atoms with E-state index in [4.69, 9.17) is 9.90 Å². The molecule has 2 aliphatic heterocycles. The summed E-state index contributed by atoms with van der Waals surface area (Å²) in [4.78, 5) is 30.1. The van der Waals surface area contributed by atoms with Crippen molar-refractivity contribution < 1.29 is 27.9 Å². The lowest BCUT2D eigenvalue weighted by molar-refractivity contribution is -0.192. The van der Waals surface area contributed by atoms with Crippen molar-refractivity contribution in [3.63, 3.8) is 0 Å². The van der Waals surface area contributed by atoms with Crippen LogP contribution in [0.2, 0.25) is 0 Å². The van der Waals surface area contributed by atoms with E-state index in [0.29, 0.717) is 5.91 Å². The summed E-state index contributed by atoms with van der Waals surface area (Å²) in [6, 6.07) is 11.4. The van der Waals surface area contributed by atoms with Gasteiger partial charge in [-0.3, -0.25) is 4.79 Å². The van der Waals surface area contributed by atoms with E-state index in [1.165, 1.54) is 50.6 Å².